The van der Waals surface area contributed by atoms with Crippen LogP contribution in [-0.4, -0.2) is 47.6 Å². The van der Waals surface area contributed by atoms with Crippen LogP contribution >= 0.6 is 0 Å². The number of hydrogen-bond donors (Lipinski definition) is 1. The predicted octanol–water partition coefficient (Wildman–Crippen LogP) is 5.08. The summed E-state index contributed by atoms with van der Waals surface area (Å²) >= 11 is 0. The molecular weight excluding hydrogens is 530 g/mol. The molecule has 8 heteroatoms. The first-order valence-corrected chi connectivity index (χ1v) is 13.7. The van der Waals surface area contributed by atoms with Gasteiger partial charge in [-0.1, -0.05) is 42.5 Å². The molecule has 4 heterocycles. The molecule has 7 rings (SSSR count). The van der Waals surface area contributed by atoms with E-state index in [0.717, 1.165) is 11.1 Å². The molecule has 0 unspecified atom stereocenters. The Labute approximate surface area is 242 Å². The summed E-state index contributed by atoms with van der Waals surface area (Å²) in [5.41, 5.74) is 2.40. The van der Waals surface area contributed by atoms with Gasteiger partial charge >= 0.3 is 0 Å². The summed E-state index contributed by atoms with van der Waals surface area (Å²) in [6.07, 6.45) is 6.87. The average molecular weight is 558 g/mol. The number of aromatic nitrogens is 1. The quantitative estimate of drug-likeness (QED) is 0.330. The molecule has 3 aliphatic rings. The number of para-hydroxylation sites is 1. The minimum absolute atomic E-state index is 0.297. The average Bonchev–Trinajstić information content (AvgIpc) is 3.52. The predicted molar refractivity (Wildman–Crippen MR) is 157 cm³/mol. The maximum Gasteiger partial charge on any atom is 0.238 e. The van der Waals surface area contributed by atoms with E-state index in [1.807, 2.05) is 65.7 Å². The summed E-state index contributed by atoms with van der Waals surface area (Å²) in [6, 6.07) is 21.9. The molecule has 3 aliphatic heterocycles. The van der Waals surface area contributed by atoms with Crippen molar-refractivity contribution in [3.8, 4) is 11.5 Å². The van der Waals surface area contributed by atoms with Crippen molar-refractivity contribution in [2.24, 2.45) is 5.92 Å². The largest absolute Gasteiger partial charge is 0.497 e. The van der Waals surface area contributed by atoms with Crippen LogP contribution in [0.25, 0.3) is 6.08 Å². The Hall–Kier alpha value is -5.24. The zero-order valence-electron chi connectivity index (χ0n) is 23.0. The van der Waals surface area contributed by atoms with E-state index in [1.165, 1.54) is 14.2 Å². The van der Waals surface area contributed by atoms with Crippen LogP contribution in [0.4, 0.5) is 5.69 Å². The fourth-order valence-electron chi connectivity index (χ4n) is 7.02. The summed E-state index contributed by atoms with van der Waals surface area (Å²) < 4.78 is 11.0. The van der Waals surface area contributed by atoms with E-state index in [-0.39, 0.29) is 17.5 Å². The topological polar surface area (TPSA) is 97.8 Å². The Morgan fingerprint density at radius 1 is 0.905 bits per heavy atom. The third-order valence-electron chi connectivity index (χ3n) is 8.76. The van der Waals surface area contributed by atoms with Gasteiger partial charge in [0.2, 0.25) is 5.91 Å². The zero-order chi connectivity index (χ0) is 29.0. The molecule has 0 radical (unpaired) electrons. The van der Waals surface area contributed by atoms with Gasteiger partial charge < -0.3 is 19.7 Å². The van der Waals surface area contributed by atoms with Gasteiger partial charge in [0, 0.05) is 35.9 Å². The van der Waals surface area contributed by atoms with Crippen molar-refractivity contribution in [1.29, 1.82) is 0 Å². The molecule has 208 valence electrons. The number of methoxy groups -OCH3 is 2. The molecule has 4 aromatic rings. The molecule has 8 nitrogen and oxygen atoms in total. The van der Waals surface area contributed by atoms with Crippen molar-refractivity contribution >= 4 is 29.2 Å². The van der Waals surface area contributed by atoms with Crippen LogP contribution in [0.3, 0.4) is 0 Å². The van der Waals surface area contributed by atoms with Crippen molar-refractivity contribution in [3.05, 3.63) is 125 Å². The summed E-state index contributed by atoms with van der Waals surface area (Å²) in [4.78, 5) is 50.1. The van der Waals surface area contributed by atoms with Crippen LogP contribution in [0.2, 0.25) is 0 Å². The van der Waals surface area contributed by atoms with E-state index in [2.05, 4.69) is 10.3 Å². The summed E-state index contributed by atoms with van der Waals surface area (Å²) in [6.45, 7) is 0. The molecule has 42 heavy (non-hydrogen) atoms. The van der Waals surface area contributed by atoms with Gasteiger partial charge in [0.05, 0.1) is 31.7 Å². The number of nitrogens with zero attached hydrogens (tertiary/aromatic N) is 2. The van der Waals surface area contributed by atoms with Gasteiger partial charge in [-0.05, 0) is 53.1 Å². The number of carbonyl (C=O) groups excluding carboxylic acids is 3. The number of benzene rings is 3. The normalized spacial score (nSPS) is 23.1. The smallest absolute Gasteiger partial charge is 0.238 e. The van der Waals surface area contributed by atoms with Crippen LogP contribution in [0.5, 0.6) is 11.5 Å². The number of Topliss-reactive ketones (excluding diaryl/α,β-unsaturated/α-hetero) is 2. The van der Waals surface area contributed by atoms with Gasteiger partial charge in [0.15, 0.2) is 11.6 Å². The number of carbonyl (C=O) groups is 3. The van der Waals surface area contributed by atoms with Gasteiger partial charge in [-0.3, -0.25) is 19.4 Å². The Morgan fingerprint density at radius 2 is 1.67 bits per heavy atom. The van der Waals surface area contributed by atoms with Gasteiger partial charge in [-0.25, -0.2) is 0 Å². The van der Waals surface area contributed by atoms with Crippen LogP contribution in [0.15, 0.2) is 97.5 Å². The highest BCUT2D eigenvalue weighted by atomic mass is 16.5. The lowest BCUT2D eigenvalue weighted by molar-refractivity contribution is -0.122. The summed E-state index contributed by atoms with van der Waals surface area (Å²) in [7, 11) is 3.03. The van der Waals surface area contributed by atoms with Crippen molar-refractivity contribution in [3.63, 3.8) is 0 Å². The SMILES string of the molecule is COc1ccc(C(=O)[C@@H]2[C@H](C(=O)c3ccncc3)[C@@]3(C(=O)Nc4ccccc43)[C@@H]3c4ccccc4C=CN23)c(OC)c1. The number of fused-ring (bicyclic) bond motifs is 6. The van der Waals surface area contributed by atoms with Crippen molar-refractivity contribution in [2.75, 3.05) is 19.5 Å². The monoisotopic (exact) mass is 557 g/mol. The highest BCUT2D eigenvalue weighted by Gasteiger charge is 2.70. The zero-order valence-corrected chi connectivity index (χ0v) is 23.0. The minimum Gasteiger partial charge on any atom is -0.497 e. The van der Waals surface area contributed by atoms with Gasteiger partial charge in [0.1, 0.15) is 23.0 Å². The van der Waals surface area contributed by atoms with E-state index in [0.29, 0.717) is 33.9 Å². The Bertz CT molecular complexity index is 1790. The lowest BCUT2D eigenvalue weighted by atomic mass is 9.62. The number of pyridine rings is 1. The maximum absolute atomic E-state index is 14.8. The second-order valence-corrected chi connectivity index (χ2v) is 10.6. The van der Waals surface area contributed by atoms with E-state index in [4.69, 9.17) is 9.47 Å². The van der Waals surface area contributed by atoms with E-state index < -0.39 is 23.4 Å². The van der Waals surface area contributed by atoms with Gasteiger partial charge in [-0.2, -0.15) is 0 Å². The summed E-state index contributed by atoms with van der Waals surface area (Å²) in [5, 5.41) is 3.06. The molecule has 1 saturated heterocycles. The van der Waals surface area contributed by atoms with Crippen LogP contribution in [0, 0.1) is 5.92 Å². The van der Waals surface area contributed by atoms with Crippen LogP contribution < -0.4 is 14.8 Å². The molecule has 1 N–H and O–H groups in total. The Morgan fingerprint density at radius 3 is 2.45 bits per heavy atom. The molecular formula is C34H27N3O5. The number of hydrogen-bond acceptors (Lipinski definition) is 7. The first-order chi connectivity index (χ1) is 20.5. The van der Waals surface area contributed by atoms with Crippen LogP contribution in [0.1, 0.15) is 43.4 Å². The van der Waals surface area contributed by atoms with Crippen LogP contribution in [-0.2, 0) is 10.2 Å². The standard InChI is InChI=1S/C34H27N3O5/c1-41-22-11-12-24(27(19-22)42-2)31(39)29-28(30(38)21-13-16-35-17-14-21)34(25-9-5-6-10-26(25)36-33(34)40)32-23-8-4-3-7-20(23)15-18-37(29)32/h3-19,28-29,32H,1-2H3,(H,36,40)/t28-,29+,32+,34-/m1/s1. The second kappa shape index (κ2) is 9.69. The third-order valence-corrected chi connectivity index (χ3v) is 8.76. The van der Waals surface area contributed by atoms with E-state index in [9.17, 15) is 14.4 Å². The lowest BCUT2D eigenvalue weighted by Crippen LogP contribution is -2.49. The molecule has 0 saturated carbocycles. The molecule has 1 aromatic heterocycles. The molecule has 1 spiro atoms. The number of ether oxygens (including phenoxy) is 2. The third kappa shape index (κ3) is 3.48. The lowest BCUT2D eigenvalue weighted by Gasteiger charge is -2.38. The molecule has 0 bridgehead atoms. The van der Waals surface area contributed by atoms with E-state index >= 15 is 0 Å². The second-order valence-electron chi connectivity index (χ2n) is 10.6. The molecule has 1 fully saturated rings. The first kappa shape index (κ1) is 25.7. The Kier molecular flexibility index (Phi) is 5.93. The fraction of sp³-hybridized carbons (Fsp3) is 0.176. The highest BCUT2D eigenvalue weighted by molar-refractivity contribution is 6.17. The highest BCUT2D eigenvalue weighted by Crippen LogP contribution is 2.62. The van der Waals surface area contributed by atoms with E-state index in [1.54, 1.807) is 42.7 Å². The number of nitrogens with one attached hydrogen (secondary N) is 1. The van der Waals surface area contributed by atoms with Crippen molar-refractivity contribution in [2.45, 2.75) is 17.5 Å². The minimum atomic E-state index is -1.40. The molecule has 3 aromatic carbocycles. The van der Waals surface area contributed by atoms with Crippen molar-refractivity contribution < 1.29 is 23.9 Å². The number of ketones is 2. The van der Waals surface area contributed by atoms with Gasteiger partial charge in [0.25, 0.3) is 0 Å². The number of amides is 1. The summed E-state index contributed by atoms with van der Waals surface area (Å²) in [5.74, 6) is -1.17. The molecule has 4 atom stereocenters. The number of anilines is 1. The maximum atomic E-state index is 14.8. The molecule has 0 aliphatic carbocycles. The van der Waals surface area contributed by atoms with Crippen molar-refractivity contribution in [1.82, 2.24) is 9.88 Å². The first-order valence-electron chi connectivity index (χ1n) is 13.7. The molecule has 1 amide bonds. The Balaban J connectivity index is 1.53. The van der Waals surface area contributed by atoms with Gasteiger partial charge in [-0.15, -0.1) is 0 Å². The number of rotatable bonds is 6. The fourth-order valence-corrected chi connectivity index (χ4v) is 7.02.